The van der Waals surface area contributed by atoms with Crippen molar-refractivity contribution in [3.05, 3.63) is 53.6 Å². The van der Waals surface area contributed by atoms with E-state index in [1.807, 2.05) is 56.3 Å². The van der Waals surface area contributed by atoms with Crippen LogP contribution in [0.2, 0.25) is 0 Å². The predicted octanol–water partition coefficient (Wildman–Crippen LogP) is 2.28. The fourth-order valence-corrected chi connectivity index (χ4v) is 1.87. The summed E-state index contributed by atoms with van der Waals surface area (Å²) in [4.78, 5) is 0. The number of hydrogen-bond donors (Lipinski definition) is 3. The van der Waals surface area contributed by atoms with Crippen molar-refractivity contribution in [1.29, 1.82) is 0 Å². The van der Waals surface area contributed by atoms with E-state index in [1.165, 1.54) is 5.56 Å². The highest BCUT2D eigenvalue weighted by Gasteiger charge is 2.06. The van der Waals surface area contributed by atoms with Crippen LogP contribution in [0.25, 0.3) is 0 Å². The molecular weight excluding hydrogens is 236 g/mol. The van der Waals surface area contributed by atoms with Gasteiger partial charge in [0.25, 0.3) is 0 Å². The maximum Gasteiger partial charge on any atom is 0.0911 e. The van der Waals surface area contributed by atoms with Gasteiger partial charge in [-0.3, -0.25) is 0 Å². The van der Waals surface area contributed by atoms with E-state index in [9.17, 15) is 5.11 Å². The summed E-state index contributed by atoms with van der Waals surface area (Å²) in [6.45, 7) is 5.30. The first-order valence-corrected chi connectivity index (χ1v) is 6.69. The minimum absolute atomic E-state index is 0.451. The van der Waals surface area contributed by atoms with Crippen LogP contribution in [0.5, 0.6) is 0 Å². The van der Waals surface area contributed by atoms with E-state index in [0.717, 1.165) is 24.2 Å². The Morgan fingerprint density at radius 1 is 1.32 bits per heavy atom. The lowest BCUT2D eigenvalue weighted by molar-refractivity contribution is 0.210. The molecule has 0 amide bonds. The van der Waals surface area contributed by atoms with E-state index < -0.39 is 6.10 Å². The molecule has 1 aromatic carbocycles. The second-order valence-corrected chi connectivity index (χ2v) is 4.50. The Balaban J connectivity index is 2.29. The van der Waals surface area contributed by atoms with Gasteiger partial charge in [-0.15, -0.1) is 0 Å². The van der Waals surface area contributed by atoms with Gasteiger partial charge in [-0.2, -0.15) is 0 Å². The number of aliphatic hydroxyl groups excluding tert-OH is 1. The van der Waals surface area contributed by atoms with Gasteiger partial charge in [0.2, 0.25) is 0 Å². The molecule has 0 spiro atoms. The molecule has 19 heavy (non-hydrogen) atoms. The number of nitrogen functional groups attached to an aromatic ring is 1. The average Bonchev–Trinajstić information content (AvgIpc) is 2.42. The fourth-order valence-electron chi connectivity index (χ4n) is 1.87. The molecule has 0 bridgehead atoms. The first-order chi connectivity index (χ1) is 9.17. The topological polar surface area (TPSA) is 58.3 Å². The fraction of sp³-hybridized carbons (Fsp3) is 0.375. The zero-order chi connectivity index (χ0) is 14.1. The minimum Gasteiger partial charge on any atom is -0.399 e. The molecule has 0 unspecified atom stereocenters. The van der Waals surface area contributed by atoms with Gasteiger partial charge in [0.1, 0.15) is 0 Å². The normalized spacial score (nSPS) is 13.9. The second-order valence-electron chi connectivity index (χ2n) is 4.50. The smallest absolute Gasteiger partial charge is 0.0911 e. The zero-order valence-corrected chi connectivity index (χ0v) is 11.8. The Bertz CT molecular complexity index is 421. The Kier molecular flexibility index (Phi) is 6.93. The molecule has 104 valence electrons. The molecule has 0 saturated carbocycles. The summed E-state index contributed by atoms with van der Waals surface area (Å²) in [5.74, 6) is 0. The summed E-state index contributed by atoms with van der Waals surface area (Å²) < 4.78 is 0. The number of benzene rings is 1. The number of hydrogen-bond acceptors (Lipinski definition) is 3. The molecule has 1 rings (SSSR count). The van der Waals surface area contributed by atoms with Crippen LogP contribution in [-0.4, -0.2) is 24.3 Å². The van der Waals surface area contributed by atoms with Crippen LogP contribution in [0, 0.1) is 0 Å². The number of anilines is 1. The standard InChI is InChI=1S/C16H24N2O/c1-3-5-14(4-2)16(19)12-18-11-10-13-6-8-15(17)9-7-13/h3-9,16,18-19H,10-12,17H2,1-2H3/b5-3-,14-4+/t16-/m0/s1. The SMILES string of the molecule is C/C=C\C(=C/C)[C@@H](O)CNCCc1ccc(N)cc1. The minimum atomic E-state index is -0.451. The van der Waals surface area contributed by atoms with Crippen LogP contribution < -0.4 is 11.1 Å². The number of nitrogens with two attached hydrogens (primary N) is 1. The van der Waals surface area contributed by atoms with Gasteiger partial charge in [0, 0.05) is 12.2 Å². The summed E-state index contributed by atoms with van der Waals surface area (Å²) in [7, 11) is 0. The van der Waals surface area contributed by atoms with Gasteiger partial charge in [-0.05, 0) is 50.1 Å². The monoisotopic (exact) mass is 260 g/mol. The van der Waals surface area contributed by atoms with Gasteiger partial charge >= 0.3 is 0 Å². The van der Waals surface area contributed by atoms with E-state index in [-0.39, 0.29) is 0 Å². The largest absolute Gasteiger partial charge is 0.399 e. The number of aliphatic hydroxyl groups is 1. The summed E-state index contributed by atoms with van der Waals surface area (Å²) in [5, 5.41) is 13.2. The molecule has 0 aliphatic heterocycles. The summed E-state index contributed by atoms with van der Waals surface area (Å²) in [6, 6.07) is 7.89. The van der Waals surface area contributed by atoms with Crippen molar-refractivity contribution < 1.29 is 5.11 Å². The van der Waals surface area contributed by atoms with E-state index in [2.05, 4.69) is 5.32 Å². The van der Waals surface area contributed by atoms with Gasteiger partial charge in [-0.1, -0.05) is 30.4 Å². The number of rotatable bonds is 7. The highest BCUT2D eigenvalue weighted by molar-refractivity contribution is 5.39. The molecule has 0 heterocycles. The lowest BCUT2D eigenvalue weighted by Gasteiger charge is -2.13. The molecule has 3 nitrogen and oxygen atoms in total. The van der Waals surface area contributed by atoms with Crippen LogP contribution in [-0.2, 0) is 6.42 Å². The van der Waals surface area contributed by atoms with Gasteiger partial charge in [-0.25, -0.2) is 0 Å². The van der Waals surface area contributed by atoms with E-state index >= 15 is 0 Å². The molecule has 3 heteroatoms. The molecule has 0 fully saturated rings. The molecule has 0 aliphatic rings. The molecule has 0 saturated heterocycles. The van der Waals surface area contributed by atoms with E-state index in [0.29, 0.717) is 6.54 Å². The van der Waals surface area contributed by atoms with Crippen molar-refractivity contribution in [3.8, 4) is 0 Å². The molecule has 0 aliphatic carbocycles. The zero-order valence-electron chi connectivity index (χ0n) is 11.8. The highest BCUT2D eigenvalue weighted by Crippen LogP contribution is 2.06. The highest BCUT2D eigenvalue weighted by atomic mass is 16.3. The molecule has 1 aromatic rings. The first kappa shape index (κ1) is 15.5. The molecule has 0 aromatic heterocycles. The third-order valence-electron chi connectivity index (χ3n) is 2.99. The van der Waals surface area contributed by atoms with Crippen molar-refractivity contribution in [3.63, 3.8) is 0 Å². The molecule has 1 atom stereocenters. The Morgan fingerprint density at radius 2 is 2.00 bits per heavy atom. The summed E-state index contributed by atoms with van der Waals surface area (Å²) >= 11 is 0. The molecular formula is C16H24N2O. The van der Waals surface area contributed by atoms with Crippen molar-refractivity contribution in [1.82, 2.24) is 5.32 Å². The quantitative estimate of drug-likeness (QED) is 0.400. The van der Waals surface area contributed by atoms with Gasteiger partial charge < -0.3 is 16.2 Å². The Hall–Kier alpha value is -1.58. The van der Waals surface area contributed by atoms with Crippen LogP contribution in [0.3, 0.4) is 0 Å². The lowest BCUT2D eigenvalue weighted by Crippen LogP contribution is -2.29. The van der Waals surface area contributed by atoms with Crippen molar-refractivity contribution >= 4 is 5.69 Å². The second kappa shape index (κ2) is 8.51. The van der Waals surface area contributed by atoms with Crippen molar-refractivity contribution in [2.75, 3.05) is 18.8 Å². The summed E-state index contributed by atoms with van der Waals surface area (Å²) in [5.41, 5.74) is 8.62. The molecule has 4 N–H and O–H groups in total. The first-order valence-electron chi connectivity index (χ1n) is 6.69. The van der Waals surface area contributed by atoms with E-state index in [4.69, 9.17) is 5.73 Å². The van der Waals surface area contributed by atoms with Crippen LogP contribution >= 0.6 is 0 Å². The van der Waals surface area contributed by atoms with Gasteiger partial charge in [0.05, 0.1) is 6.10 Å². The average molecular weight is 260 g/mol. The van der Waals surface area contributed by atoms with Crippen molar-refractivity contribution in [2.45, 2.75) is 26.4 Å². The van der Waals surface area contributed by atoms with E-state index in [1.54, 1.807) is 0 Å². The molecule has 0 radical (unpaired) electrons. The maximum absolute atomic E-state index is 9.98. The lowest BCUT2D eigenvalue weighted by atomic mass is 10.1. The Morgan fingerprint density at radius 3 is 2.58 bits per heavy atom. The third-order valence-corrected chi connectivity index (χ3v) is 2.99. The van der Waals surface area contributed by atoms with Crippen LogP contribution in [0.4, 0.5) is 5.69 Å². The number of nitrogens with one attached hydrogen (secondary N) is 1. The summed E-state index contributed by atoms with van der Waals surface area (Å²) in [6.07, 6.45) is 6.29. The Labute approximate surface area is 115 Å². The maximum atomic E-state index is 9.98. The van der Waals surface area contributed by atoms with Crippen LogP contribution in [0.1, 0.15) is 19.4 Å². The number of allylic oxidation sites excluding steroid dienone is 2. The van der Waals surface area contributed by atoms with Gasteiger partial charge in [0.15, 0.2) is 0 Å². The predicted molar refractivity (Wildman–Crippen MR) is 82.0 cm³/mol. The third kappa shape index (κ3) is 5.73. The van der Waals surface area contributed by atoms with Crippen molar-refractivity contribution in [2.24, 2.45) is 0 Å². The van der Waals surface area contributed by atoms with Crippen LogP contribution in [0.15, 0.2) is 48.1 Å².